The Morgan fingerprint density at radius 1 is 1.41 bits per heavy atom. The monoisotopic (exact) mass is 298 g/mol. The van der Waals surface area contributed by atoms with Crippen molar-refractivity contribution in [3.8, 4) is 0 Å². The molecule has 2 atom stereocenters. The first-order chi connectivity index (χ1) is 10.6. The molecule has 2 unspecified atom stereocenters. The van der Waals surface area contributed by atoms with Gasteiger partial charge in [0.05, 0.1) is 23.9 Å². The Balaban J connectivity index is 1.63. The fourth-order valence-electron chi connectivity index (χ4n) is 3.80. The molecule has 2 bridgehead atoms. The van der Waals surface area contributed by atoms with Crippen molar-refractivity contribution >= 4 is 5.91 Å². The first-order valence-corrected chi connectivity index (χ1v) is 7.67. The molecule has 114 valence electrons. The van der Waals surface area contributed by atoms with Gasteiger partial charge in [-0.15, -0.1) is 0 Å². The molecule has 0 radical (unpaired) electrons. The number of fused-ring (bicyclic) bond motifs is 4. The fraction of sp³-hybridized carbons (Fsp3) is 0.500. The highest BCUT2D eigenvalue weighted by atomic mass is 16.5. The summed E-state index contributed by atoms with van der Waals surface area (Å²) in [5, 5.41) is 3.94. The molecule has 6 nitrogen and oxygen atoms in total. The van der Waals surface area contributed by atoms with Crippen LogP contribution < -0.4 is 0 Å². The fourth-order valence-corrected chi connectivity index (χ4v) is 3.80. The van der Waals surface area contributed by atoms with Crippen molar-refractivity contribution in [1.82, 2.24) is 20.0 Å². The topological polar surface area (TPSA) is 72.1 Å². The molecule has 0 aliphatic carbocycles. The Bertz CT molecular complexity index is 720. The number of rotatable bonds is 2. The summed E-state index contributed by atoms with van der Waals surface area (Å²) in [6.45, 7) is 3.74. The van der Waals surface area contributed by atoms with E-state index in [0.717, 1.165) is 47.5 Å². The van der Waals surface area contributed by atoms with E-state index in [4.69, 9.17) is 4.52 Å². The summed E-state index contributed by atoms with van der Waals surface area (Å²) in [4.78, 5) is 23.4. The number of hydrogen-bond acceptors (Lipinski definition) is 5. The van der Waals surface area contributed by atoms with E-state index in [1.165, 1.54) is 0 Å². The van der Waals surface area contributed by atoms with Crippen LogP contribution in [-0.4, -0.2) is 32.0 Å². The minimum absolute atomic E-state index is 0.128. The summed E-state index contributed by atoms with van der Waals surface area (Å²) in [6.07, 6.45) is 6.69. The Labute approximate surface area is 128 Å². The lowest BCUT2D eigenvalue weighted by Gasteiger charge is -2.35. The Hall–Kier alpha value is -2.24. The van der Waals surface area contributed by atoms with Crippen molar-refractivity contribution < 1.29 is 9.32 Å². The van der Waals surface area contributed by atoms with Gasteiger partial charge in [0.25, 0.3) is 0 Å². The maximum absolute atomic E-state index is 12.9. The van der Waals surface area contributed by atoms with Crippen LogP contribution in [0.4, 0.5) is 0 Å². The number of carbonyl (C=O) groups is 1. The number of aromatic nitrogens is 3. The highest BCUT2D eigenvalue weighted by Crippen LogP contribution is 2.43. The molecule has 0 spiro atoms. The van der Waals surface area contributed by atoms with Crippen molar-refractivity contribution in [3.05, 3.63) is 40.8 Å². The summed E-state index contributed by atoms with van der Waals surface area (Å²) in [5.41, 5.74) is 3.94. The first-order valence-electron chi connectivity index (χ1n) is 7.67. The maximum atomic E-state index is 12.9. The van der Waals surface area contributed by atoms with Gasteiger partial charge in [-0.05, 0) is 26.7 Å². The van der Waals surface area contributed by atoms with E-state index >= 15 is 0 Å². The molecule has 22 heavy (non-hydrogen) atoms. The van der Waals surface area contributed by atoms with Gasteiger partial charge in [-0.2, -0.15) is 0 Å². The van der Waals surface area contributed by atoms with Crippen LogP contribution in [0.1, 0.15) is 47.2 Å². The molecule has 0 saturated carbocycles. The molecule has 0 aromatic carbocycles. The average molecular weight is 298 g/mol. The van der Waals surface area contributed by atoms with E-state index in [9.17, 15) is 4.79 Å². The third-order valence-electron chi connectivity index (χ3n) is 4.91. The second-order valence-corrected chi connectivity index (χ2v) is 6.16. The van der Waals surface area contributed by atoms with Gasteiger partial charge in [-0.3, -0.25) is 4.79 Å². The lowest BCUT2D eigenvalue weighted by molar-refractivity contribution is -0.134. The van der Waals surface area contributed by atoms with Gasteiger partial charge in [-0.1, -0.05) is 5.16 Å². The number of carbonyl (C=O) groups excluding carboxylic acids is 1. The van der Waals surface area contributed by atoms with Crippen LogP contribution in [0, 0.1) is 13.8 Å². The van der Waals surface area contributed by atoms with Crippen LogP contribution >= 0.6 is 0 Å². The molecule has 4 rings (SSSR count). The van der Waals surface area contributed by atoms with E-state index in [2.05, 4.69) is 15.1 Å². The van der Waals surface area contributed by atoms with Crippen molar-refractivity contribution in [1.29, 1.82) is 0 Å². The molecular formula is C16H18N4O2. The summed E-state index contributed by atoms with van der Waals surface area (Å²) in [5.74, 6) is 0.885. The lowest BCUT2D eigenvalue weighted by atomic mass is 9.98. The van der Waals surface area contributed by atoms with E-state index in [0.29, 0.717) is 6.42 Å². The summed E-state index contributed by atoms with van der Waals surface area (Å²) < 4.78 is 5.17. The highest BCUT2D eigenvalue weighted by Gasteiger charge is 2.43. The van der Waals surface area contributed by atoms with E-state index in [-0.39, 0.29) is 18.0 Å². The highest BCUT2D eigenvalue weighted by molar-refractivity contribution is 5.80. The number of amides is 1. The third kappa shape index (κ3) is 1.94. The number of hydrogen-bond donors (Lipinski definition) is 0. The van der Waals surface area contributed by atoms with Crippen LogP contribution in [0.3, 0.4) is 0 Å². The van der Waals surface area contributed by atoms with Crippen LogP contribution in [0.5, 0.6) is 0 Å². The van der Waals surface area contributed by atoms with E-state index < -0.39 is 0 Å². The van der Waals surface area contributed by atoms with Gasteiger partial charge < -0.3 is 9.42 Å². The second-order valence-electron chi connectivity index (χ2n) is 6.16. The minimum Gasteiger partial charge on any atom is -0.361 e. The van der Waals surface area contributed by atoms with E-state index in [1.54, 1.807) is 6.33 Å². The third-order valence-corrected chi connectivity index (χ3v) is 4.91. The Morgan fingerprint density at radius 2 is 2.27 bits per heavy atom. The summed E-state index contributed by atoms with van der Waals surface area (Å²) in [7, 11) is 0. The van der Waals surface area contributed by atoms with Crippen LogP contribution in [0.25, 0.3) is 0 Å². The van der Waals surface area contributed by atoms with Crippen molar-refractivity contribution in [2.75, 3.05) is 0 Å². The van der Waals surface area contributed by atoms with Crippen molar-refractivity contribution in [2.45, 2.75) is 51.6 Å². The van der Waals surface area contributed by atoms with Crippen LogP contribution in [0.15, 0.2) is 17.0 Å². The van der Waals surface area contributed by atoms with Gasteiger partial charge in [-0.25, -0.2) is 9.97 Å². The van der Waals surface area contributed by atoms with Crippen molar-refractivity contribution in [2.24, 2.45) is 0 Å². The van der Waals surface area contributed by atoms with Gasteiger partial charge in [0.2, 0.25) is 5.91 Å². The molecular weight excluding hydrogens is 280 g/mol. The lowest BCUT2D eigenvalue weighted by Crippen LogP contribution is -2.43. The average Bonchev–Trinajstić information content (AvgIpc) is 3.00. The second kappa shape index (κ2) is 4.90. The van der Waals surface area contributed by atoms with Gasteiger partial charge in [0, 0.05) is 29.8 Å². The predicted molar refractivity (Wildman–Crippen MR) is 78.0 cm³/mol. The predicted octanol–water partition coefficient (Wildman–Crippen LogP) is 1.91. The Morgan fingerprint density at radius 3 is 3.05 bits per heavy atom. The Kier molecular flexibility index (Phi) is 2.99. The molecule has 2 aromatic heterocycles. The molecule has 1 amide bonds. The summed E-state index contributed by atoms with van der Waals surface area (Å²) >= 11 is 0. The minimum atomic E-state index is 0.128. The summed E-state index contributed by atoms with van der Waals surface area (Å²) in [6, 6.07) is 0.392. The van der Waals surface area contributed by atoms with Crippen molar-refractivity contribution in [3.63, 3.8) is 0 Å². The maximum Gasteiger partial charge on any atom is 0.227 e. The van der Waals surface area contributed by atoms with Crippen LogP contribution in [-0.2, 0) is 17.6 Å². The van der Waals surface area contributed by atoms with Gasteiger partial charge in [0.15, 0.2) is 0 Å². The SMILES string of the molecule is Cc1noc(C)c1CC(=O)N1C2CCC1c1cncnc1C2. The number of nitrogens with zero attached hydrogens (tertiary/aromatic N) is 4. The molecule has 2 aliphatic heterocycles. The zero-order chi connectivity index (χ0) is 15.3. The van der Waals surface area contributed by atoms with E-state index in [1.807, 2.05) is 24.9 Å². The normalized spacial score (nSPS) is 22.7. The smallest absolute Gasteiger partial charge is 0.227 e. The quantitative estimate of drug-likeness (QED) is 0.847. The van der Waals surface area contributed by atoms with Crippen LogP contribution in [0.2, 0.25) is 0 Å². The van der Waals surface area contributed by atoms with Gasteiger partial charge >= 0.3 is 0 Å². The molecule has 4 heterocycles. The zero-order valence-electron chi connectivity index (χ0n) is 12.7. The zero-order valence-corrected chi connectivity index (χ0v) is 12.7. The number of aryl methyl sites for hydroxylation is 2. The first kappa shape index (κ1) is 13.4. The largest absolute Gasteiger partial charge is 0.361 e. The molecule has 0 N–H and O–H groups in total. The standard InChI is InChI=1S/C16H18N4O2/c1-9-12(10(2)22-19-9)6-16(21)20-11-3-4-15(20)13-7-17-8-18-14(13)5-11/h7-8,11,15H,3-6H2,1-2H3. The molecule has 1 fully saturated rings. The van der Waals surface area contributed by atoms with Gasteiger partial charge in [0.1, 0.15) is 12.1 Å². The molecule has 1 saturated heterocycles. The molecule has 2 aliphatic rings. The molecule has 6 heteroatoms. The molecule has 2 aromatic rings.